The first-order valence-electron chi connectivity index (χ1n) is 1.18. The Kier molecular flexibility index (Phi) is 72.7. The van der Waals surface area contributed by atoms with Gasteiger partial charge in [0.15, 0.2) is 0 Å². The molecule has 0 aliphatic carbocycles. The Balaban J connectivity index is 0. The van der Waals surface area contributed by atoms with Gasteiger partial charge in [0.25, 0.3) is 0 Å². The molecule has 0 aromatic carbocycles. The monoisotopic (exact) mass is 77.1 g/mol. The Labute approximate surface area is 32.0 Å². The lowest BCUT2D eigenvalue weighted by Crippen LogP contribution is -1.61. The Morgan fingerprint density at radius 3 is 1.60 bits per heavy atom. The molecule has 2 heteroatoms. The van der Waals surface area contributed by atoms with Gasteiger partial charge in [-0.2, -0.15) is 0 Å². The van der Waals surface area contributed by atoms with Crippen LogP contribution in [0.2, 0.25) is 0 Å². The van der Waals surface area contributed by atoms with Crippen molar-refractivity contribution in [1.82, 2.24) is 0 Å². The van der Waals surface area contributed by atoms with Crippen LogP contribution in [0.4, 0.5) is 4.39 Å². The molecule has 0 spiro atoms. The average Bonchev–Trinajstić information content (AvgIpc) is 1.46. The molecule has 0 saturated carbocycles. The van der Waals surface area contributed by atoms with Gasteiger partial charge in [0.05, 0.1) is 6.67 Å². The van der Waals surface area contributed by atoms with Crippen molar-refractivity contribution in [2.24, 2.45) is 5.73 Å². The predicted molar refractivity (Wildman–Crippen MR) is 20.9 cm³/mol. The van der Waals surface area contributed by atoms with Crippen LogP contribution in [0.5, 0.6) is 0 Å². The summed E-state index contributed by atoms with van der Waals surface area (Å²) in [5.74, 6) is 0. The van der Waals surface area contributed by atoms with Gasteiger partial charge in [0.2, 0.25) is 0 Å². The van der Waals surface area contributed by atoms with Gasteiger partial charge in [-0.05, 0) is 6.92 Å². The van der Waals surface area contributed by atoms with E-state index in [9.17, 15) is 4.39 Å². The zero-order valence-corrected chi connectivity index (χ0v) is 3.08. The van der Waals surface area contributed by atoms with Gasteiger partial charge in [0, 0.05) is 7.05 Å². The highest BCUT2D eigenvalue weighted by atomic mass is 19.1. The molecule has 0 aliphatic heterocycles. The number of rotatable bonds is 0. The van der Waals surface area contributed by atoms with Crippen molar-refractivity contribution >= 4 is 0 Å². The topological polar surface area (TPSA) is 26.0 Å². The van der Waals surface area contributed by atoms with E-state index in [0.29, 0.717) is 0 Å². The summed E-state index contributed by atoms with van der Waals surface area (Å²) < 4.78 is 10.2. The second kappa shape index (κ2) is 41.0. The smallest absolute Gasteiger partial charge is 0.0895 e. The minimum Gasteiger partial charge on any atom is -0.329 e. The molecule has 2 N–H and O–H groups in total. The van der Waals surface area contributed by atoms with Crippen LogP contribution in [0.25, 0.3) is 0 Å². The molecule has 0 aromatic rings. The Morgan fingerprint density at radius 2 is 1.60 bits per heavy atom. The van der Waals surface area contributed by atoms with E-state index in [1.54, 1.807) is 0 Å². The van der Waals surface area contributed by atoms with Crippen LogP contribution < -0.4 is 5.73 Å². The summed E-state index contributed by atoms with van der Waals surface area (Å²) in [6.45, 7) is 2.32. The highest BCUT2D eigenvalue weighted by Crippen LogP contribution is 1.47. The third-order valence-electron chi connectivity index (χ3n) is 0. The molecular formula is C3H8FN. The van der Waals surface area contributed by atoms with Crippen molar-refractivity contribution in [2.75, 3.05) is 6.67 Å². The van der Waals surface area contributed by atoms with E-state index in [4.69, 9.17) is 0 Å². The van der Waals surface area contributed by atoms with Crippen LogP contribution in [-0.4, -0.2) is 6.67 Å². The van der Waals surface area contributed by atoms with Crippen molar-refractivity contribution in [3.63, 3.8) is 0 Å². The third kappa shape index (κ3) is 1150. The lowest BCUT2D eigenvalue weighted by molar-refractivity contribution is 0.559. The van der Waals surface area contributed by atoms with Crippen LogP contribution >= 0.6 is 0 Å². The van der Waals surface area contributed by atoms with Gasteiger partial charge in [-0.25, -0.2) is 0 Å². The fourth-order valence-electron chi connectivity index (χ4n) is 0. The SMILES string of the molecule is [CH2]CF.[CH2]N. The first-order valence-corrected chi connectivity index (χ1v) is 1.18. The molecule has 0 aromatic heterocycles. The van der Waals surface area contributed by atoms with Gasteiger partial charge in [-0.3, -0.25) is 4.39 Å². The highest BCUT2D eigenvalue weighted by Gasteiger charge is 1.40. The summed E-state index contributed by atoms with van der Waals surface area (Å²) in [7, 11) is 2.75. The van der Waals surface area contributed by atoms with Crippen LogP contribution in [0.15, 0.2) is 0 Å². The molecule has 0 bridgehead atoms. The summed E-state index contributed by atoms with van der Waals surface area (Å²) in [4.78, 5) is 0. The number of nitrogens with two attached hydrogens (primary N) is 1. The predicted octanol–water partition coefficient (Wildman–Crippen LogP) is 0.527. The minimum atomic E-state index is -0.500. The van der Waals surface area contributed by atoms with Crippen LogP contribution in [0, 0.1) is 14.0 Å². The lowest BCUT2D eigenvalue weighted by Gasteiger charge is -1.45. The Hall–Kier alpha value is -0.110. The molecule has 0 rings (SSSR count). The molecule has 32 valence electrons. The van der Waals surface area contributed by atoms with E-state index in [-0.39, 0.29) is 0 Å². The number of alkyl halides is 1. The van der Waals surface area contributed by atoms with Gasteiger partial charge in [-0.15, -0.1) is 0 Å². The average molecular weight is 77.1 g/mol. The summed E-state index contributed by atoms with van der Waals surface area (Å²) in [6.07, 6.45) is 0. The van der Waals surface area contributed by atoms with E-state index in [2.05, 4.69) is 19.7 Å². The number of hydrogen-bond acceptors (Lipinski definition) is 1. The van der Waals surface area contributed by atoms with Gasteiger partial charge >= 0.3 is 0 Å². The summed E-state index contributed by atoms with van der Waals surface area (Å²) in [5, 5.41) is 0. The summed E-state index contributed by atoms with van der Waals surface area (Å²) >= 11 is 0. The second-order valence-electron chi connectivity index (χ2n) is 0.189. The van der Waals surface area contributed by atoms with Crippen LogP contribution in [0.3, 0.4) is 0 Å². The first-order chi connectivity index (χ1) is 2.41. The normalized spacial score (nSPS) is 4.80. The maximum absolute atomic E-state index is 10.2. The molecule has 0 unspecified atom stereocenters. The van der Waals surface area contributed by atoms with Crippen molar-refractivity contribution in [3.8, 4) is 0 Å². The van der Waals surface area contributed by atoms with Crippen molar-refractivity contribution < 1.29 is 4.39 Å². The van der Waals surface area contributed by atoms with Crippen LogP contribution in [-0.2, 0) is 0 Å². The molecule has 0 saturated heterocycles. The highest BCUT2D eigenvalue weighted by molar-refractivity contribution is 4.17. The molecule has 0 atom stereocenters. The molecule has 1 nitrogen and oxygen atoms in total. The van der Waals surface area contributed by atoms with E-state index < -0.39 is 6.67 Å². The fourth-order valence-corrected chi connectivity index (χ4v) is 0. The van der Waals surface area contributed by atoms with Crippen molar-refractivity contribution in [2.45, 2.75) is 0 Å². The molecule has 5 heavy (non-hydrogen) atoms. The maximum Gasteiger partial charge on any atom is 0.0895 e. The van der Waals surface area contributed by atoms with E-state index in [1.165, 1.54) is 0 Å². The van der Waals surface area contributed by atoms with E-state index in [0.717, 1.165) is 0 Å². The van der Waals surface area contributed by atoms with Gasteiger partial charge in [-0.1, -0.05) is 0 Å². The molecule has 0 aliphatic rings. The summed E-state index contributed by atoms with van der Waals surface area (Å²) in [5.41, 5.74) is 4.25. The second-order valence-corrected chi connectivity index (χ2v) is 0.189. The standard InChI is InChI=1S/C2H4F.CH4N/c1-2-3;1-2/h1-2H2;1-2H2. The number of hydrogen-bond donors (Lipinski definition) is 1. The zero-order valence-electron chi connectivity index (χ0n) is 3.08. The molecule has 0 amide bonds. The third-order valence-corrected chi connectivity index (χ3v) is 0. The summed E-state index contributed by atoms with van der Waals surface area (Å²) in [6, 6.07) is 0. The minimum absolute atomic E-state index is 0.500. The van der Waals surface area contributed by atoms with E-state index >= 15 is 0 Å². The van der Waals surface area contributed by atoms with E-state index in [1.807, 2.05) is 0 Å². The molecule has 0 heterocycles. The lowest BCUT2D eigenvalue weighted by atomic mass is 10.9. The van der Waals surface area contributed by atoms with Crippen LogP contribution in [0.1, 0.15) is 0 Å². The Bertz CT molecular complexity index is 6.85. The quantitative estimate of drug-likeness (QED) is 0.448. The van der Waals surface area contributed by atoms with Crippen molar-refractivity contribution in [1.29, 1.82) is 0 Å². The number of halogens is 1. The van der Waals surface area contributed by atoms with Gasteiger partial charge in [0.1, 0.15) is 0 Å². The van der Waals surface area contributed by atoms with Gasteiger partial charge < -0.3 is 5.73 Å². The fraction of sp³-hybridized carbons (Fsp3) is 0.333. The van der Waals surface area contributed by atoms with Crippen molar-refractivity contribution in [3.05, 3.63) is 14.0 Å². The molecule has 0 fully saturated rings. The zero-order chi connectivity index (χ0) is 4.71. The molecular weight excluding hydrogens is 69.0 g/mol. The largest absolute Gasteiger partial charge is 0.329 e. The Morgan fingerprint density at radius 1 is 1.60 bits per heavy atom. The first kappa shape index (κ1) is 8.86. The molecule has 2 radical (unpaired) electrons. The maximum atomic E-state index is 10.2.